The molecule has 1 saturated carbocycles. The SMILES string of the molecule is CCn1ccc(C(=O)N[C@@H]2CCC[C@H]2OCc2ccccc2)n1. The maximum atomic E-state index is 12.3. The quantitative estimate of drug-likeness (QED) is 0.892. The maximum absolute atomic E-state index is 12.3. The summed E-state index contributed by atoms with van der Waals surface area (Å²) in [5.74, 6) is -0.114. The number of nitrogens with zero attached hydrogens (tertiary/aromatic N) is 2. The molecule has 1 heterocycles. The van der Waals surface area contributed by atoms with Gasteiger partial charge in [-0.25, -0.2) is 0 Å². The molecule has 1 fully saturated rings. The first-order chi connectivity index (χ1) is 11.3. The van der Waals surface area contributed by atoms with Gasteiger partial charge >= 0.3 is 0 Å². The van der Waals surface area contributed by atoms with Crippen LogP contribution < -0.4 is 5.32 Å². The molecule has 1 N–H and O–H groups in total. The number of hydrogen-bond acceptors (Lipinski definition) is 3. The highest BCUT2D eigenvalue weighted by Crippen LogP contribution is 2.23. The average molecular weight is 313 g/mol. The summed E-state index contributed by atoms with van der Waals surface area (Å²) in [7, 11) is 0. The Balaban J connectivity index is 1.55. The van der Waals surface area contributed by atoms with Gasteiger partial charge in [-0.2, -0.15) is 5.10 Å². The fourth-order valence-corrected chi connectivity index (χ4v) is 2.97. The molecule has 0 saturated heterocycles. The Morgan fingerprint density at radius 1 is 1.30 bits per heavy atom. The summed E-state index contributed by atoms with van der Waals surface area (Å²) in [5.41, 5.74) is 1.63. The van der Waals surface area contributed by atoms with Gasteiger partial charge in [0.15, 0.2) is 0 Å². The number of nitrogens with one attached hydrogen (secondary N) is 1. The number of aromatic nitrogens is 2. The lowest BCUT2D eigenvalue weighted by atomic mass is 10.2. The topological polar surface area (TPSA) is 56.2 Å². The average Bonchev–Trinajstić information content (AvgIpc) is 3.23. The Bertz CT molecular complexity index is 639. The van der Waals surface area contributed by atoms with E-state index in [1.165, 1.54) is 0 Å². The molecule has 0 radical (unpaired) electrons. The minimum absolute atomic E-state index is 0.0676. The first-order valence-electron chi connectivity index (χ1n) is 8.26. The molecule has 1 amide bonds. The van der Waals surface area contributed by atoms with E-state index in [1.807, 2.05) is 31.3 Å². The van der Waals surface area contributed by atoms with Crippen molar-refractivity contribution in [1.29, 1.82) is 0 Å². The largest absolute Gasteiger partial charge is 0.371 e. The van der Waals surface area contributed by atoms with Gasteiger partial charge in [0.05, 0.1) is 18.8 Å². The monoisotopic (exact) mass is 313 g/mol. The van der Waals surface area contributed by atoms with E-state index < -0.39 is 0 Å². The molecular weight excluding hydrogens is 290 g/mol. The minimum atomic E-state index is -0.114. The third-order valence-corrected chi connectivity index (χ3v) is 4.27. The molecule has 1 aromatic carbocycles. The van der Waals surface area contributed by atoms with E-state index in [9.17, 15) is 4.79 Å². The number of ether oxygens (including phenoxy) is 1. The van der Waals surface area contributed by atoms with Gasteiger partial charge in [0, 0.05) is 12.7 Å². The van der Waals surface area contributed by atoms with E-state index in [-0.39, 0.29) is 18.1 Å². The highest BCUT2D eigenvalue weighted by atomic mass is 16.5. The predicted octanol–water partition coefficient (Wildman–Crippen LogP) is 2.77. The van der Waals surface area contributed by atoms with Crippen LogP contribution in [0, 0.1) is 0 Å². The van der Waals surface area contributed by atoms with Crippen LogP contribution >= 0.6 is 0 Å². The van der Waals surface area contributed by atoms with Crippen molar-refractivity contribution in [1.82, 2.24) is 15.1 Å². The van der Waals surface area contributed by atoms with E-state index in [1.54, 1.807) is 10.7 Å². The molecule has 5 heteroatoms. The van der Waals surface area contributed by atoms with E-state index in [0.29, 0.717) is 12.3 Å². The third-order valence-electron chi connectivity index (χ3n) is 4.27. The molecule has 2 atom stereocenters. The second-order valence-corrected chi connectivity index (χ2v) is 5.90. The molecule has 122 valence electrons. The Morgan fingerprint density at radius 2 is 2.13 bits per heavy atom. The Kier molecular flexibility index (Phi) is 5.08. The summed E-state index contributed by atoms with van der Waals surface area (Å²) in [5, 5.41) is 7.33. The zero-order chi connectivity index (χ0) is 16.1. The first kappa shape index (κ1) is 15.7. The number of hydrogen-bond donors (Lipinski definition) is 1. The van der Waals surface area contributed by atoms with Gasteiger partial charge in [-0.1, -0.05) is 30.3 Å². The standard InChI is InChI=1S/C18H23N3O2/c1-2-21-12-11-16(20-21)18(22)19-15-9-6-10-17(15)23-13-14-7-4-3-5-8-14/h3-5,7-8,11-12,15,17H,2,6,9-10,13H2,1H3,(H,19,22)/t15-,17-/m1/s1. The highest BCUT2D eigenvalue weighted by molar-refractivity contribution is 5.92. The maximum Gasteiger partial charge on any atom is 0.272 e. The molecule has 3 rings (SSSR count). The van der Waals surface area contributed by atoms with Crippen molar-refractivity contribution in [3.05, 3.63) is 53.9 Å². The predicted molar refractivity (Wildman–Crippen MR) is 88.0 cm³/mol. The van der Waals surface area contributed by atoms with Gasteiger partial charge in [-0.15, -0.1) is 0 Å². The molecule has 1 aliphatic carbocycles. The zero-order valence-corrected chi connectivity index (χ0v) is 13.4. The number of aryl methyl sites for hydroxylation is 1. The highest BCUT2D eigenvalue weighted by Gasteiger charge is 2.30. The van der Waals surface area contributed by atoms with Crippen LogP contribution in [0.3, 0.4) is 0 Å². The van der Waals surface area contributed by atoms with Crippen molar-refractivity contribution < 1.29 is 9.53 Å². The van der Waals surface area contributed by atoms with E-state index >= 15 is 0 Å². The molecule has 0 unspecified atom stereocenters. The normalized spacial score (nSPS) is 20.6. The lowest BCUT2D eigenvalue weighted by Crippen LogP contribution is -2.41. The van der Waals surface area contributed by atoms with Gasteiger partial charge < -0.3 is 10.1 Å². The Morgan fingerprint density at radius 3 is 2.87 bits per heavy atom. The van der Waals surface area contributed by atoms with E-state index in [2.05, 4.69) is 22.5 Å². The van der Waals surface area contributed by atoms with Crippen molar-refractivity contribution in [3.8, 4) is 0 Å². The van der Waals surface area contributed by atoms with Crippen LogP contribution in [0.25, 0.3) is 0 Å². The number of carbonyl (C=O) groups is 1. The van der Waals surface area contributed by atoms with Gasteiger partial charge in [-0.3, -0.25) is 9.48 Å². The van der Waals surface area contributed by atoms with Gasteiger partial charge in [-0.05, 0) is 37.8 Å². The summed E-state index contributed by atoms with van der Waals surface area (Å²) >= 11 is 0. The summed E-state index contributed by atoms with van der Waals surface area (Å²) < 4.78 is 7.78. The van der Waals surface area contributed by atoms with Crippen molar-refractivity contribution in [2.24, 2.45) is 0 Å². The van der Waals surface area contributed by atoms with Crippen LogP contribution in [-0.2, 0) is 17.9 Å². The molecule has 0 aliphatic heterocycles. The van der Waals surface area contributed by atoms with Crippen molar-refractivity contribution in [2.75, 3.05) is 0 Å². The summed E-state index contributed by atoms with van der Waals surface area (Å²) in [6.07, 6.45) is 4.93. The van der Waals surface area contributed by atoms with Crippen molar-refractivity contribution in [2.45, 2.75) is 51.5 Å². The van der Waals surface area contributed by atoms with Crippen LogP contribution in [0.5, 0.6) is 0 Å². The smallest absolute Gasteiger partial charge is 0.272 e. The lowest BCUT2D eigenvalue weighted by Gasteiger charge is -2.21. The summed E-state index contributed by atoms with van der Waals surface area (Å²) in [6, 6.07) is 12.0. The van der Waals surface area contributed by atoms with E-state index in [4.69, 9.17) is 4.74 Å². The van der Waals surface area contributed by atoms with Gasteiger partial charge in [0.1, 0.15) is 5.69 Å². The second kappa shape index (κ2) is 7.42. The van der Waals surface area contributed by atoms with Gasteiger partial charge in [0.2, 0.25) is 0 Å². The molecule has 0 bridgehead atoms. The molecule has 23 heavy (non-hydrogen) atoms. The lowest BCUT2D eigenvalue weighted by molar-refractivity contribution is 0.0271. The summed E-state index contributed by atoms with van der Waals surface area (Å²) in [4.78, 5) is 12.3. The number of rotatable bonds is 6. The van der Waals surface area contributed by atoms with E-state index in [0.717, 1.165) is 31.4 Å². The molecule has 1 aliphatic rings. The number of carbonyl (C=O) groups excluding carboxylic acids is 1. The van der Waals surface area contributed by atoms with Crippen LogP contribution in [0.4, 0.5) is 0 Å². The van der Waals surface area contributed by atoms with Crippen LogP contribution in [-0.4, -0.2) is 27.8 Å². The molecule has 1 aromatic heterocycles. The third kappa shape index (κ3) is 3.99. The molecular formula is C18H23N3O2. The van der Waals surface area contributed by atoms with Gasteiger partial charge in [0.25, 0.3) is 5.91 Å². The van der Waals surface area contributed by atoms with Crippen molar-refractivity contribution >= 4 is 5.91 Å². The first-order valence-corrected chi connectivity index (χ1v) is 8.26. The van der Waals surface area contributed by atoms with Crippen molar-refractivity contribution in [3.63, 3.8) is 0 Å². The van der Waals surface area contributed by atoms with Crippen LogP contribution in [0.2, 0.25) is 0 Å². The molecule has 0 spiro atoms. The fourth-order valence-electron chi connectivity index (χ4n) is 2.97. The molecule has 2 aromatic rings. The van der Waals surface area contributed by atoms with Crippen LogP contribution in [0.15, 0.2) is 42.6 Å². The zero-order valence-electron chi connectivity index (χ0n) is 13.4. The summed E-state index contributed by atoms with van der Waals surface area (Å²) in [6.45, 7) is 3.35. The minimum Gasteiger partial charge on any atom is -0.371 e. The molecule has 5 nitrogen and oxygen atoms in total. The number of amides is 1. The fraction of sp³-hybridized carbons (Fsp3) is 0.444. The Labute approximate surface area is 136 Å². The second-order valence-electron chi connectivity index (χ2n) is 5.90. The Hall–Kier alpha value is -2.14. The number of benzene rings is 1. The van der Waals surface area contributed by atoms with Crippen LogP contribution in [0.1, 0.15) is 42.2 Å².